The van der Waals surface area contributed by atoms with Crippen molar-refractivity contribution >= 4 is 5.91 Å². The Morgan fingerprint density at radius 2 is 2.27 bits per heavy atom. The summed E-state index contributed by atoms with van der Waals surface area (Å²) in [7, 11) is 3.18. The van der Waals surface area contributed by atoms with Crippen LogP contribution >= 0.6 is 0 Å². The lowest BCUT2D eigenvalue weighted by atomic mass is 10.0. The molecule has 0 aromatic carbocycles. The molecule has 1 aliphatic rings. The van der Waals surface area contributed by atoms with Gasteiger partial charge in [-0.05, 0) is 0 Å². The predicted molar refractivity (Wildman–Crippen MR) is 54.1 cm³/mol. The fourth-order valence-electron chi connectivity index (χ4n) is 1.82. The molecule has 1 saturated heterocycles. The molecule has 0 radical (unpaired) electrons. The molecule has 1 rings (SSSR count). The van der Waals surface area contributed by atoms with Crippen molar-refractivity contribution in [2.24, 2.45) is 5.92 Å². The van der Waals surface area contributed by atoms with Gasteiger partial charge in [0, 0.05) is 33.5 Å². The topological polar surface area (TPSA) is 56.8 Å². The van der Waals surface area contributed by atoms with E-state index in [2.05, 4.69) is 5.32 Å². The zero-order valence-electron chi connectivity index (χ0n) is 9.70. The Kier molecular flexibility index (Phi) is 4.07. The third kappa shape index (κ3) is 2.90. The van der Waals surface area contributed by atoms with Crippen molar-refractivity contribution < 1.29 is 19.0 Å². The molecule has 5 nitrogen and oxygen atoms in total. The number of hydrogen-bond donors (Lipinski definition) is 1. The molecule has 0 aromatic heterocycles. The first kappa shape index (κ1) is 12.4. The highest BCUT2D eigenvalue weighted by molar-refractivity contribution is 5.72. The number of hydrogen-bond acceptors (Lipinski definition) is 4. The summed E-state index contributed by atoms with van der Waals surface area (Å²) in [5, 5.41) is 2.70. The fourth-order valence-corrected chi connectivity index (χ4v) is 1.82. The highest BCUT2D eigenvalue weighted by atomic mass is 16.8. The van der Waals surface area contributed by atoms with E-state index in [4.69, 9.17) is 14.2 Å². The van der Waals surface area contributed by atoms with E-state index in [1.807, 2.05) is 6.92 Å². The second kappa shape index (κ2) is 4.92. The summed E-state index contributed by atoms with van der Waals surface area (Å²) in [6, 6.07) is 0. The van der Waals surface area contributed by atoms with Gasteiger partial charge >= 0.3 is 0 Å². The van der Waals surface area contributed by atoms with Crippen LogP contribution < -0.4 is 5.32 Å². The first-order valence-electron chi connectivity index (χ1n) is 5.03. The summed E-state index contributed by atoms with van der Waals surface area (Å²) in [6.07, 6.45) is 0.446. The van der Waals surface area contributed by atoms with Gasteiger partial charge in [-0.25, -0.2) is 0 Å². The van der Waals surface area contributed by atoms with Gasteiger partial charge in [-0.15, -0.1) is 0 Å². The first-order valence-corrected chi connectivity index (χ1v) is 5.03. The van der Waals surface area contributed by atoms with Crippen LogP contribution in [0.5, 0.6) is 0 Å². The molecule has 0 saturated carbocycles. The second-order valence-corrected chi connectivity index (χ2v) is 3.93. The Labute approximate surface area is 90.1 Å². The zero-order valence-corrected chi connectivity index (χ0v) is 9.70. The zero-order chi connectivity index (χ0) is 11.5. The molecule has 1 N–H and O–H groups in total. The van der Waals surface area contributed by atoms with Gasteiger partial charge in [0.15, 0.2) is 12.1 Å². The van der Waals surface area contributed by atoms with Crippen molar-refractivity contribution in [1.29, 1.82) is 0 Å². The normalized spacial score (nSPS) is 35.5. The molecule has 0 bridgehead atoms. The molecule has 1 amide bonds. The Hall–Kier alpha value is -0.650. The number of amides is 1. The molecule has 3 unspecified atom stereocenters. The van der Waals surface area contributed by atoms with Crippen LogP contribution in [0.25, 0.3) is 0 Å². The van der Waals surface area contributed by atoms with E-state index >= 15 is 0 Å². The molecule has 0 aliphatic carbocycles. The Bertz CT molecular complexity index is 233. The van der Waals surface area contributed by atoms with Crippen LogP contribution in [0.2, 0.25) is 0 Å². The molecule has 3 atom stereocenters. The van der Waals surface area contributed by atoms with E-state index in [-0.39, 0.29) is 18.1 Å². The Balaban J connectivity index is 2.58. The van der Waals surface area contributed by atoms with Crippen LogP contribution in [0.3, 0.4) is 0 Å². The monoisotopic (exact) mass is 217 g/mol. The minimum Gasteiger partial charge on any atom is -0.355 e. The summed E-state index contributed by atoms with van der Waals surface area (Å²) in [5.74, 6) is -0.585. The number of carbonyl (C=O) groups excluding carboxylic acids is 1. The van der Waals surface area contributed by atoms with E-state index in [1.54, 1.807) is 14.2 Å². The third-order valence-electron chi connectivity index (χ3n) is 2.64. The molecule has 15 heavy (non-hydrogen) atoms. The van der Waals surface area contributed by atoms with Crippen LogP contribution in [-0.2, 0) is 19.0 Å². The Morgan fingerprint density at radius 1 is 1.60 bits per heavy atom. The van der Waals surface area contributed by atoms with Gasteiger partial charge in [-0.1, -0.05) is 6.92 Å². The molecule has 1 heterocycles. The number of nitrogens with one attached hydrogen (secondary N) is 1. The van der Waals surface area contributed by atoms with E-state index in [9.17, 15) is 4.79 Å². The molecule has 1 aliphatic heterocycles. The molecule has 88 valence electrons. The van der Waals surface area contributed by atoms with E-state index in [0.717, 1.165) is 0 Å². The van der Waals surface area contributed by atoms with Gasteiger partial charge in [0.2, 0.25) is 5.91 Å². The summed E-state index contributed by atoms with van der Waals surface area (Å²) in [5.41, 5.74) is 0. The SMILES string of the molecule is COC1OC(CNC(C)=O)(OC)CC1C. The quantitative estimate of drug-likeness (QED) is 0.744. The van der Waals surface area contributed by atoms with E-state index in [0.29, 0.717) is 13.0 Å². The third-order valence-corrected chi connectivity index (χ3v) is 2.64. The van der Waals surface area contributed by atoms with Gasteiger partial charge in [-0.3, -0.25) is 4.79 Å². The number of carbonyl (C=O) groups is 1. The average Bonchev–Trinajstić information content (AvgIpc) is 2.53. The van der Waals surface area contributed by atoms with Crippen LogP contribution in [0.1, 0.15) is 20.3 Å². The number of ether oxygens (including phenoxy) is 3. The van der Waals surface area contributed by atoms with Gasteiger partial charge in [-0.2, -0.15) is 0 Å². The summed E-state index contributed by atoms with van der Waals surface area (Å²) in [4.78, 5) is 10.8. The van der Waals surface area contributed by atoms with Crippen molar-refractivity contribution in [3.05, 3.63) is 0 Å². The van der Waals surface area contributed by atoms with Gasteiger partial charge < -0.3 is 19.5 Å². The van der Waals surface area contributed by atoms with E-state index in [1.165, 1.54) is 6.92 Å². The maximum Gasteiger partial charge on any atom is 0.217 e. The van der Waals surface area contributed by atoms with Crippen LogP contribution in [0, 0.1) is 5.92 Å². The van der Waals surface area contributed by atoms with Crippen molar-refractivity contribution in [3.8, 4) is 0 Å². The standard InChI is InChI=1S/C10H19NO4/c1-7-5-10(14-4,6-11-8(2)12)15-9(7)13-3/h7,9H,5-6H2,1-4H3,(H,11,12). The lowest BCUT2D eigenvalue weighted by Gasteiger charge is -2.27. The van der Waals surface area contributed by atoms with Crippen molar-refractivity contribution in [2.75, 3.05) is 20.8 Å². The maximum atomic E-state index is 10.8. The highest BCUT2D eigenvalue weighted by Gasteiger charge is 2.45. The fraction of sp³-hybridized carbons (Fsp3) is 0.900. The molecule has 5 heteroatoms. The van der Waals surface area contributed by atoms with Crippen molar-refractivity contribution in [2.45, 2.75) is 32.3 Å². The van der Waals surface area contributed by atoms with Gasteiger partial charge in [0.25, 0.3) is 0 Å². The molecular weight excluding hydrogens is 198 g/mol. The number of rotatable bonds is 4. The first-order chi connectivity index (χ1) is 7.03. The molecular formula is C10H19NO4. The van der Waals surface area contributed by atoms with Crippen LogP contribution in [-0.4, -0.2) is 38.7 Å². The Morgan fingerprint density at radius 3 is 2.67 bits per heavy atom. The summed E-state index contributed by atoms with van der Waals surface area (Å²) < 4.78 is 16.2. The minimum atomic E-state index is -0.744. The van der Waals surface area contributed by atoms with Crippen molar-refractivity contribution in [3.63, 3.8) is 0 Å². The summed E-state index contributed by atoms with van der Waals surface area (Å²) >= 11 is 0. The average molecular weight is 217 g/mol. The lowest BCUT2D eigenvalue weighted by molar-refractivity contribution is -0.255. The maximum absolute atomic E-state index is 10.8. The molecule has 0 spiro atoms. The summed E-state index contributed by atoms with van der Waals surface area (Å²) in [6.45, 7) is 3.85. The molecule has 1 fully saturated rings. The van der Waals surface area contributed by atoms with E-state index < -0.39 is 5.79 Å². The lowest BCUT2D eigenvalue weighted by Crippen LogP contribution is -2.44. The minimum absolute atomic E-state index is 0.0939. The van der Waals surface area contributed by atoms with Gasteiger partial charge in [0.05, 0.1) is 6.54 Å². The predicted octanol–water partition coefficient (Wildman–Crippen LogP) is 0.494. The van der Waals surface area contributed by atoms with Crippen molar-refractivity contribution in [1.82, 2.24) is 5.32 Å². The number of methoxy groups -OCH3 is 2. The smallest absolute Gasteiger partial charge is 0.217 e. The largest absolute Gasteiger partial charge is 0.355 e. The van der Waals surface area contributed by atoms with Crippen LogP contribution in [0.4, 0.5) is 0 Å². The molecule has 0 aromatic rings. The highest BCUT2D eigenvalue weighted by Crippen LogP contribution is 2.35. The van der Waals surface area contributed by atoms with Crippen LogP contribution in [0.15, 0.2) is 0 Å². The van der Waals surface area contributed by atoms with Gasteiger partial charge in [0.1, 0.15) is 0 Å². The second-order valence-electron chi connectivity index (χ2n) is 3.93.